The van der Waals surface area contributed by atoms with E-state index in [1.54, 1.807) is 6.92 Å². The zero-order valence-electron chi connectivity index (χ0n) is 16.3. The van der Waals surface area contributed by atoms with Crippen molar-refractivity contribution >= 4 is 17.7 Å². The molecule has 1 aliphatic heterocycles. The van der Waals surface area contributed by atoms with E-state index >= 15 is 0 Å². The first-order valence-electron chi connectivity index (χ1n) is 9.11. The SMILES string of the molecule is CC(C([NH-])=O)N1CCCC(C)(C)C(NC(=O)CCc2ccccc2)C1=O.[Y+3]. The molecule has 142 valence electrons. The van der Waals surface area contributed by atoms with Crippen molar-refractivity contribution in [1.29, 1.82) is 0 Å². The maximum Gasteiger partial charge on any atom is 3.00 e. The molecule has 0 radical (unpaired) electrons. The largest absolute Gasteiger partial charge is 3.00 e. The van der Waals surface area contributed by atoms with Gasteiger partial charge in [-0.05, 0) is 37.2 Å². The molecular weight excluding hydrogens is 419 g/mol. The Morgan fingerprint density at radius 3 is 2.52 bits per heavy atom. The molecular formula is C20H28N3O3Y+2. The molecule has 2 atom stereocenters. The molecule has 0 aliphatic carbocycles. The van der Waals surface area contributed by atoms with Gasteiger partial charge in [-0.3, -0.25) is 9.59 Å². The molecule has 0 aromatic heterocycles. The van der Waals surface area contributed by atoms with Gasteiger partial charge in [0.2, 0.25) is 11.8 Å². The van der Waals surface area contributed by atoms with E-state index in [4.69, 9.17) is 5.73 Å². The summed E-state index contributed by atoms with van der Waals surface area (Å²) in [4.78, 5) is 38.3. The average molecular weight is 447 g/mol. The molecule has 6 nitrogen and oxygen atoms in total. The molecule has 1 saturated heterocycles. The monoisotopic (exact) mass is 447 g/mol. The summed E-state index contributed by atoms with van der Waals surface area (Å²) in [5.74, 6) is -1.23. The molecule has 1 aromatic rings. The Kier molecular flexibility index (Phi) is 9.09. The second-order valence-corrected chi connectivity index (χ2v) is 7.65. The Hall–Kier alpha value is -1.27. The molecule has 2 rings (SSSR count). The van der Waals surface area contributed by atoms with Gasteiger partial charge in [-0.1, -0.05) is 44.2 Å². The Labute approximate surface area is 186 Å². The van der Waals surface area contributed by atoms with Gasteiger partial charge in [0.15, 0.2) is 0 Å². The van der Waals surface area contributed by atoms with Crippen molar-refractivity contribution < 1.29 is 47.1 Å². The maximum absolute atomic E-state index is 13.0. The van der Waals surface area contributed by atoms with Crippen LogP contribution in [0.1, 0.15) is 45.6 Å². The first-order valence-corrected chi connectivity index (χ1v) is 9.11. The van der Waals surface area contributed by atoms with Crippen LogP contribution < -0.4 is 5.32 Å². The predicted octanol–water partition coefficient (Wildman–Crippen LogP) is 2.72. The number of nitrogens with one attached hydrogen (secondary N) is 2. The second-order valence-electron chi connectivity index (χ2n) is 7.65. The van der Waals surface area contributed by atoms with E-state index in [-0.39, 0.29) is 44.5 Å². The van der Waals surface area contributed by atoms with Gasteiger partial charge in [0.1, 0.15) is 6.04 Å². The van der Waals surface area contributed by atoms with E-state index in [2.05, 4.69) is 5.32 Å². The van der Waals surface area contributed by atoms with Crippen molar-refractivity contribution in [3.63, 3.8) is 0 Å². The van der Waals surface area contributed by atoms with Crippen molar-refractivity contribution in [2.45, 2.75) is 58.5 Å². The van der Waals surface area contributed by atoms with Crippen LogP contribution in [0.15, 0.2) is 30.3 Å². The van der Waals surface area contributed by atoms with Crippen LogP contribution >= 0.6 is 0 Å². The van der Waals surface area contributed by atoms with Crippen molar-refractivity contribution in [2.24, 2.45) is 5.41 Å². The standard InChI is InChI=1S/C20H29N3O3.Y/c1-14(18(21)25)23-13-7-12-20(2,3)17(19(23)26)22-16(24)11-10-15-8-5-4-6-9-15;/h4-6,8-9,14,17H,7,10-13H2,1-3H3,(H3,21,22,24,25);/q;+3/p-1. The minimum absolute atomic E-state index is 0. The first-order chi connectivity index (χ1) is 12.2. The number of nitrogens with zero attached hydrogens (tertiary/aromatic N) is 1. The van der Waals surface area contributed by atoms with Crippen LogP contribution in [0.5, 0.6) is 0 Å². The fourth-order valence-electron chi connectivity index (χ4n) is 3.38. The van der Waals surface area contributed by atoms with E-state index in [1.165, 1.54) is 4.90 Å². The Bertz CT molecular complexity index is 664. The number of likely N-dealkylation sites (tertiary alicyclic amines) is 1. The topological polar surface area (TPSA) is 90.3 Å². The number of rotatable bonds is 6. The molecule has 2 unspecified atom stereocenters. The van der Waals surface area contributed by atoms with Gasteiger partial charge in [-0.2, -0.15) is 0 Å². The normalized spacial score (nSPS) is 20.2. The third kappa shape index (κ3) is 6.39. The zero-order valence-corrected chi connectivity index (χ0v) is 19.2. The van der Waals surface area contributed by atoms with E-state index < -0.39 is 23.4 Å². The summed E-state index contributed by atoms with van der Waals surface area (Å²) < 4.78 is 0. The number of benzene rings is 1. The summed E-state index contributed by atoms with van der Waals surface area (Å²) in [6, 6.07) is 8.26. The maximum atomic E-state index is 13.0. The quantitative estimate of drug-likeness (QED) is 0.727. The van der Waals surface area contributed by atoms with Crippen LogP contribution in [0.25, 0.3) is 5.73 Å². The van der Waals surface area contributed by atoms with Crippen LogP contribution in [0.2, 0.25) is 0 Å². The smallest absolute Gasteiger partial charge is 0.666 e. The van der Waals surface area contributed by atoms with Crippen LogP contribution in [0.3, 0.4) is 0 Å². The van der Waals surface area contributed by atoms with E-state index in [0.29, 0.717) is 19.4 Å². The minimum Gasteiger partial charge on any atom is -0.666 e. The fraction of sp³-hybridized carbons (Fsp3) is 0.550. The Morgan fingerprint density at radius 1 is 1.30 bits per heavy atom. The van der Waals surface area contributed by atoms with E-state index in [9.17, 15) is 14.4 Å². The van der Waals surface area contributed by atoms with Gasteiger partial charge in [0.25, 0.3) is 0 Å². The van der Waals surface area contributed by atoms with E-state index in [0.717, 1.165) is 18.4 Å². The van der Waals surface area contributed by atoms with Crippen molar-refractivity contribution in [3.05, 3.63) is 41.6 Å². The van der Waals surface area contributed by atoms with Gasteiger partial charge >= 0.3 is 32.7 Å². The Balaban J connectivity index is 0.00000364. The van der Waals surface area contributed by atoms with Crippen molar-refractivity contribution in [2.75, 3.05) is 6.54 Å². The number of hydrogen-bond acceptors (Lipinski definition) is 3. The first kappa shape index (κ1) is 23.8. The summed E-state index contributed by atoms with van der Waals surface area (Å²) in [5.41, 5.74) is 8.00. The number of aryl methyl sites for hydroxylation is 1. The predicted molar refractivity (Wildman–Crippen MR) is 100 cm³/mol. The molecule has 27 heavy (non-hydrogen) atoms. The van der Waals surface area contributed by atoms with Gasteiger partial charge in [0.05, 0.1) is 11.9 Å². The summed E-state index contributed by atoms with van der Waals surface area (Å²) in [5, 5.41) is 2.89. The van der Waals surface area contributed by atoms with Crippen molar-refractivity contribution in [3.8, 4) is 0 Å². The summed E-state index contributed by atoms with van der Waals surface area (Å²) in [7, 11) is 0. The zero-order chi connectivity index (χ0) is 19.3. The molecule has 1 fully saturated rings. The second kappa shape index (κ2) is 10.3. The van der Waals surface area contributed by atoms with Crippen LogP contribution in [-0.2, 0) is 53.5 Å². The summed E-state index contributed by atoms with van der Waals surface area (Å²) >= 11 is 0. The van der Waals surface area contributed by atoms with Crippen molar-refractivity contribution in [1.82, 2.24) is 10.2 Å². The summed E-state index contributed by atoms with van der Waals surface area (Å²) in [6.45, 7) is 5.93. The number of hydrogen-bond donors (Lipinski definition) is 1. The van der Waals surface area contributed by atoms with Gasteiger partial charge in [0, 0.05) is 13.0 Å². The Morgan fingerprint density at radius 2 is 1.93 bits per heavy atom. The number of carbonyl (C=O) groups is 3. The van der Waals surface area contributed by atoms with Crippen LogP contribution in [-0.4, -0.2) is 41.2 Å². The molecule has 1 heterocycles. The number of carbonyl (C=O) groups excluding carboxylic acids is 3. The molecule has 0 spiro atoms. The third-order valence-corrected chi connectivity index (χ3v) is 5.17. The molecule has 1 aromatic carbocycles. The fourth-order valence-corrected chi connectivity index (χ4v) is 3.38. The molecule has 0 saturated carbocycles. The minimum atomic E-state index is -0.792. The molecule has 3 amide bonds. The van der Waals surface area contributed by atoms with Gasteiger partial charge in [-0.15, -0.1) is 0 Å². The number of amides is 3. The van der Waals surface area contributed by atoms with Crippen LogP contribution in [0.4, 0.5) is 0 Å². The van der Waals surface area contributed by atoms with Gasteiger partial charge in [-0.25, -0.2) is 0 Å². The third-order valence-electron chi connectivity index (χ3n) is 5.17. The van der Waals surface area contributed by atoms with Crippen LogP contribution in [0, 0.1) is 5.41 Å². The molecule has 7 heteroatoms. The molecule has 1 aliphatic rings. The van der Waals surface area contributed by atoms with E-state index in [1.807, 2.05) is 44.2 Å². The summed E-state index contributed by atoms with van der Waals surface area (Å²) in [6.07, 6.45) is 2.42. The molecule has 2 N–H and O–H groups in total. The molecule has 0 bridgehead atoms. The average Bonchev–Trinajstić information content (AvgIpc) is 2.71. The van der Waals surface area contributed by atoms with Gasteiger partial charge < -0.3 is 20.7 Å².